The molecule has 0 saturated heterocycles. The lowest BCUT2D eigenvalue weighted by Crippen LogP contribution is -2.16. The zero-order valence-electron chi connectivity index (χ0n) is 12.0. The number of hydrogen-bond donors (Lipinski definition) is 1. The number of aromatic nitrogens is 1. The average Bonchev–Trinajstić information content (AvgIpc) is 2.80. The Hall–Kier alpha value is -2.03. The second kappa shape index (κ2) is 7.11. The molecule has 0 amide bonds. The number of aliphatic hydroxyl groups is 1. The zero-order valence-corrected chi connectivity index (χ0v) is 12.9. The van der Waals surface area contributed by atoms with Gasteiger partial charge in [0.2, 0.25) is 0 Å². The summed E-state index contributed by atoms with van der Waals surface area (Å²) in [6.45, 7) is 2.42. The van der Waals surface area contributed by atoms with Crippen LogP contribution in [0.15, 0.2) is 28.4 Å². The minimum Gasteiger partial charge on any atom is -0.497 e. The molecule has 0 aliphatic heterocycles. The van der Waals surface area contributed by atoms with Crippen LogP contribution in [0.2, 0.25) is 0 Å². The van der Waals surface area contributed by atoms with E-state index in [1.54, 1.807) is 11.7 Å². The van der Waals surface area contributed by atoms with Crippen LogP contribution in [-0.2, 0) is 6.54 Å². The van der Waals surface area contributed by atoms with E-state index in [1.165, 1.54) is 11.3 Å². The van der Waals surface area contributed by atoms with Crippen molar-refractivity contribution in [3.05, 3.63) is 50.1 Å². The summed E-state index contributed by atoms with van der Waals surface area (Å²) in [5, 5.41) is 10.7. The number of rotatable bonds is 4. The fraction of sp³-hybridized carbons (Fsp3) is 0.312. The SMILES string of the molecule is COc1ccc(C#CCCO)c(Cn2c(C)csc2=O)c1. The molecule has 0 atom stereocenters. The minimum atomic E-state index is 0.0181. The highest BCUT2D eigenvalue weighted by atomic mass is 32.1. The number of aryl methyl sites for hydroxylation is 1. The number of methoxy groups -OCH3 is 1. The Balaban J connectivity index is 2.40. The van der Waals surface area contributed by atoms with Crippen LogP contribution >= 0.6 is 11.3 Å². The first kappa shape index (κ1) is 15.4. The van der Waals surface area contributed by atoms with E-state index in [0.717, 1.165) is 22.6 Å². The summed E-state index contributed by atoms with van der Waals surface area (Å²) < 4.78 is 6.96. The second-order valence-corrected chi connectivity index (χ2v) is 5.35. The number of ether oxygens (including phenoxy) is 1. The van der Waals surface area contributed by atoms with Gasteiger partial charge >= 0.3 is 4.87 Å². The second-order valence-electron chi connectivity index (χ2n) is 4.53. The highest BCUT2D eigenvalue weighted by Crippen LogP contribution is 2.18. The first-order valence-corrected chi connectivity index (χ1v) is 7.45. The minimum absolute atomic E-state index is 0.0181. The van der Waals surface area contributed by atoms with Crippen molar-refractivity contribution in [3.8, 4) is 17.6 Å². The maximum atomic E-state index is 11.9. The van der Waals surface area contributed by atoms with Gasteiger partial charge in [0.15, 0.2) is 0 Å². The summed E-state index contributed by atoms with van der Waals surface area (Å²) in [7, 11) is 1.61. The monoisotopic (exact) mass is 303 g/mol. The van der Waals surface area contributed by atoms with Gasteiger partial charge in [-0.1, -0.05) is 23.2 Å². The van der Waals surface area contributed by atoms with Crippen molar-refractivity contribution in [2.24, 2.45) is 0 Å². The quantitative estimate of drug-likeness (QED) is 0.879. The van der Waals surface area contributed by atoms with E-state index >= 15 is 0 Å². The van der Waals surface area contributed by atoms with Crippen LogP contribution < -0.4 is 9.61 Å². The third kappa shape index (κ3) is 3.75. The standard InChI is InChI=1S/C16H17NO3S/c1-12-11-21-16(19)17(12)10-14-9-15(20-2)7-6-13(14)5-3-4-8-18/h6-7,9,11,18H,4,8,10H2,1-2H3. The van der Waals surface area contributed by atoms with Gasteiger partial charge < -0.3 is 9.84 Å². The van der Waals surface area contributed by atoms with Crippen molar-refractivity contribution in [1.82, 2.24) is 4.57 Å². The van der Waals surface area contributed by atoms with Crippen LogP contribution in [0, 0.1) is 18.8 Å². The Bertz CT molecular complexity index is 734. The first-order valence-electron chi connectivity index (χ1n) is 6.57. The molecule has 4 nitrogen and oxygen atoms in total. The first-order chi connectivity index (χ1) is 10.2. The van der Waals surface area contributed by atoms with Crippen LogP contribution in [-0.4, -0.2) is 23.4 Å². The third-order valence-corrected chi connectivity index (χ3v) is 3.96. The summed E-state index contributed by atoms with van der Waals surface area (Å²) in [5.74, 6) is 6.69. The van der Waals surface area contributed by atoms with E-state index in [-0.39, 0.29) is 11.5 Å². The molecule has 5 heteroatoms. The molecule has 0 aliphatic carbocycles. The molecule has 0 fully saturated rings. The summed E-state index contributed by atoms with van der Waals surface area (Å²) in [6.07, 6.45) is 0.433. The number of nitrogens with zero attached hydrogens (tertiary/aromatic N) is 1. The van der Waals surface area contributed by atoms with Gasteiger partial charge in [0, 0.05) is 23.1 Å². The number of hydrogen-bond acceptors (Lipinski definition) is 4. The topological polar surface area (TPSA) is 51.5 Å². The van der Waals surface area contributed by atoms with Gasteiger partial charge in [0.05, 0.1) is 20.3 Å². The van der Waals surface area contributed by atoms with E-state index in [2.05, 4.69) is 11.8 Å². The van der Waals surface area contributed by atoms with Gasteiger partial charge in [0.25, 0.3) is 0 Å². The summed E-state index contributed by atoms with van der Waals surface area (Å²) >= 11 is 1.19. The van der Waals surface area contributed by atoms with E-state index in [1.807, 2.05) is 30.5 Å². The van der Waals surface area contributed by atoms with E-state index in [9.17, 15) is 4.79 Å². The van der Waals surface area contributed by atoms with Crippen LogP contribution in [0.25, 0.3) is 0 Å². The molecular formula is C16H17NO3S. The summed E-state index contributed by atoms with van der Waals surface area (Å²) in [6, 6.07) is 5.62. The Labute approximate surface area is 127 Å². The summed E-state index contributed by atoms with van der Waals surface area (Å²) in [5.41, 5.74) is 2.72. The lowest BCUT2D eigenvalue weighted by molar-refractivity contribution is 0.305. The Morgan fingerprint density at radius 1 is 1.43 bits per heavy atom. The number of thiazole rings is 1. The van der Waals surface area contributed by atoms with Gasteiger partial charge in [-0.2, -0.15) is 0 Å². The normalized spacial score (nSPS) is 10.0. The Kier molecular flexibility index (Phi) is 5.20. The Morgan fingerprint density at radius 2 is 2.24 bits per heavy atom. The van der Waals surface area contributed by atoms with Crippen molar-refractivity contribution in [2.75, 3.05) is 13.7 Å². The fourth-order valence-electron chi connectivity index (χ4n) is 1.93. The van der Waals surface area contributed by atoms with E-state index in [0.29, 0.717) is 13.0 Å². The molecule has 110 valence electrons. The van der Waals surface area contributed by atoms with Crippen LogP contribution in [0.5, 0.6) is 5.75 Å². The van der Waals surface area contributed by atoms with Crippen molar-refractivity contribution >= 4 is 11.3 Å². The van der Waals surface area contributed by atoms with Gasteiger partial charge in [0.1, 0.15) is 5.75 Å². The predicted molar refractivity (Wildman–Crippen MR) is 84.0 cm³/mol. The molecule has 21 heavy (non-hydrogen) atoms. The van der Waals surface area contributed by atoms with Gasteiger partial charge in [-0.05, 0) is 30.7 Å². The largest absolute Gasteiger partial charge is 0.497 e. The molecule has 1 aromatic carbocycles. The lowest BCUT2D eigenvalue weighted by atomic mass is 10.1. The van der Waals surface area contributed by atoms with Crippen molar-refractivity contribution in [1.29, 1.82) is 0 Å². The highest BCUT2D eigenvalue weighted by Gasteiger charge is 2.08. The van der Waals surface area contributed by atoms with Gasteiger partial charge in [-0.3, -0.25) is 9.36 Å². The molecule has 0 saturated carbocycles. The average molecular weight is 303 g/mol. The van der Waals surface area contributed by atoms with Crippen molar-refractivity contribution in [3.63, 3.8) is 0 Å². The highest BCUT2D eigenvalue weighted by molar-refractivity contribution is 7.07. The van der Waals surface area contributed by atoms with Crippen LogP contribution in [0.4, 0.5) is 0 Å². The van der Waals surface area contributed by atoms with Gasteiger partial charge in [-0.15, -0.1) is 0 Å². The summed E-state index contributed by atoms with van der Waals surface area (Å²) in [4.78, 5) is 11.9. The molecule has 0 bridgehead atoms. The fourth-order valence-corrected chi connectivity index (χ4v) is 2.66. The molecule has 0 aliphatic rings. The Morgan fingerprint density at radius 3 is 2.86 bits per heavy atom. The molecule has 1 heterocycles. The maximum absolute atomic E-state index is 11.9. The van der Waals surface area contributed by atoms with E-state index < -0.39 is 0 Å². The number of benzene rings is 1. The van der Waals surface area contributed by atoms with Crippen molar-refractivity contribution in [2.45, 2.75) is 19.9 Å². The predicted octanol–water partition coefficient (Wildman–Crippen LogP) is 2.01. The van der Waals surface area contributed by atoms with Crippen LogP contribution in [0.3, 0.4) is 0 Å². The third-order valence-electron chi connectivity index (χ3n) is 3.08. The molecule has 0 unspecified atom stereocenters. The van der Waals surface area contributed by atoms with Crippen LogP contribution in [0.1, 0.15) is 23.2 Å². The number of aliphatic hydroxyl groups excluding tert-OH is 1. The van der Waals surface area contributed by atoms with Crippen molar-refractivity contribution < 1.29 is 9.84 Å². The molecule has 0 spiro atoms. The smallest absolute Gasteiger partial charge is 0.307 e. The molecule has 1 N–H and O–H groups in total. The molecule has 2 aromatic rings. The molecule has 2 rings (SSSR count). The molecular weight excluding hydrogens is 286 g/mol. The molecule has 0 radical (unpaired) electrons. The maximum Gasteiger partial charge on any atom is 0.307 e. The zero-order chi connectivity index (χ0) is 15.2. The van der Waals surface area contributed by atoms with Gasteiger partial charge in [-0.25, -0.2) is 0 Å². The lowest BCUT2D eigenvalue weighted by Gasteiger charge is -2.09. The molecule has 1 aromatic heterocycles. The van der Waals surface area contributed by atoms with E-state index in [4.69, 9.17) is 9.84 Å².